The van der Waals surface area contributed by atoms with Crippen LogP contribution < -0.4 is 4.90 Å². The molecule has 2 heterocycles. The lowest BCUT2D eigenvalue weighted by Gasteiger charge is -2.31. The van der Waals surface area contributed by atoms with Crippen LogP contribution in [0.2, 0.25) is 0 Å². The molecular weight excluding hydrogens is 226 g/mol. The van der Waals surface area contributed by atoms with E-state index >= 15 is 0 Å². The number of Topliss-reactive ketones (excluding diaryl/α,β-unsaturated/α-hetero) is 1. The van der Waals surface area contributed by atoms with Crippen LogP contribution in [0, 0.1) is 5.92 Å². The molecule has 1 aliphatic rings. The average Bonchev–Trinajstić information content (AvgIpc) is 2.39. The van der Waals surface area contributed by atoms with Gasteiger partial charge in [0.1, 0.15) is 17.9 Å². The molecule has 0 unspecified atom stereocenters. The fourth-order valence-electron chi connectivity index (χ4n) is 2.47. The lowest BCUT2D eigenvalue weighted by molar-refractivity contribution is -0.121. The first-order valence-corrected chi connectivity index (χ1v) is 6.77. The second-order valence-corrected chi connectivity index (χ2v) is 4.99. The van der Waals surface area contributed by atoms with Crippen LogP contribution >= 0.6 is 0 Å². The highest BCUT2D eigenvalue weighted by Gasteiger charge is 2.23. The number of aromatic nitrogens is 2. The van der Waals surface area contributed by atoms with Crippen molar-refractivity contribution in [2.75, 3.05) is 18.0 Å². The summed E-state index contributed by atoms with van der Waals surface area (Å²) in [5.41, 5.74) is 1.11. The minimum Gasteiger partial charge on any atom is -0.356 e. The van der Waals surface area contributed by atoms with E-state index in [0.29, 0.717) is 5.78 Å². The molecular formula is C14H21N3O. The highest BCUT2D eigenvalue weighted by atomic mass is 16.1. The molecule has 1 fully saturated rings. The number of nitrogens with zero attached hydrogens (tertiary/aromatic N) is 3. The molecule has 1 aromatic heterocycles. The third kappa shape index (κ3) is 3.06. The summed E-state index contributed by atoms with van der Waals surface area (Å²) in [7, 11) is 0. The maximum Gasteiger partial charge on any atom is 0.133 e. The van der Waals surface area contributed by atoms with Crippen LogP contribution in [0.5, 0.6) is 0 Å². The van der Waals surface area contributed by atoms with Crippen LogP contribution in [0.4, 0.5) is 5.82 Å². The zero-order valence-electron chi connectivity index (χ0n) is 11.2. The average molecular weight is 247 g/mol. The summed E-state index contributed by atoms with van der Waals surface area (Å²) in [4.78, 5) is 22.2. The number of hydrogen-bond donors (Lipinski definition) is 0. The topological polar surface area (TPSA) is 46.1 Å². The maximum absolute atomic E-state index is 11.3. The van der Waals surface area contributed by atoms with Gasteiger partial charge in [-0.05, 0) is 26.2 Å². The molecule has 0 saturated carbocycles. The van der Waals surface area contributed by atoms with Gasteiger partial charge in [0.05, 0.1) is 0 Å². The third-order valence-corrected chi connectivity index (χ3v) is 3.61. The van der Waals surface area contributed by atoms with Gasteiger partial charge in [-0.3, -0.25) is 4.79 Å². The van der Waals surface area contributed by atoms with Gasteiger partial charge in [0.2, 0.25) is 0 Å². The van der Waals surface area contributed by atoms with Gasteiger partial charge < -0.3 is 4.90 Å². The maximum atomic E-state index is 11.3. The molecule has 0 aliphatic carbocycles. The fourth-order valence-corrected chi connectivity index (χ4v) is 2.47. The standard InChI is InChI=1S/C14H21N3O/c1-3-4-13-9-14(16-10-15-13)17-7-5-12(6-8-17)11(2)18/h9-10,12H,3-8H2,1-2H3. The number of carbonyl (C=O) groups excluding carboxylic acids is 1. The lowest BCUT2D eigenvalue weighted by atomic mass is 9.93. The van der Waals surface area contributed by atoms with Gasteiger partial charge in [0.25, 0.3) is 0 Å². The highest BCUT2D eigenvalue weighted by Crippen LogP contribution is 2.22. The van der Waals surface area contributed by atoms with Crippen LogP contribution in [0.3, 0.4) is 0 Å². The van der Waals surface area contributed by atoms with E-state index in [4.69, 9.17) is 0 Å². The van der Waals surface area contributed by atoms with Crippen molar-refractivity contribution in [2.24, 2.45) is 5.92 Å². The molecule has 1 saturated heterocycles. The molecule has 0 aromatic carbocycles. The van der Waals surface area contributed by atoms with Gasteiger partial charge in [-0.2, -0.15) is 0 Å². The summed E-state index contributed by atoms with van der Waals surface area (Å²) in [6, 6.07) is 2.08. The number of hydrogen-bond acceptors (Lipinski definition) is 4. The van der Waals surface area contributed by atoms with Crippen LogP contribution in [0.25, 0.3) is 0 Å². The molecule has 0 N–H and O–H groups in total. The molecule has 0 amide bonds. The second-order valence-electron chi connectivity index (χ2n) is 4.99. The number of aryl methyl sites for hydroxylation is 1. The minimum absolute atomic E-state index is 0.248. The lowest BCUT2D eigenvalue weighted by Crippen LogP contribution is -2.36. The Bertz CT molecular complexity index is 411. The van der Waals surface area contributed by atoms with Crippen molar-refractivity contribution in [2.45, 2.75) is 39.5 Å². The number of ketones is 1. The molecule has 0 bridgehead atoms. The van der Waals surface area contributed by atoms with Gasteiger partial charge >= 0.3 is 0 Å². The van der Waals surface area contributed by atoms with E-state index in [1.807, 2.05) is 0 Å². The zero-order chi connectivity index (χ0) is 13.0. The molecule has 2 rings (SSSR count). The third-order valence-electron chi connectivity index (χ3n) is 3.61. The molecule has 18 heavy (non-hydrogen) atoms. The summed E-state index contributed by atoms with van der Waals surface area (Å²) in [6.45, 7) is 5.70. The van der Waals surface area contributed by atoms with Gasteiger partial charge in [-0.15, -0.1) is 0 Å². The van der Waals surface area contributed by atoms with Crippen molar-refractivity contribution < 1.29 is 4.79 Å². The zero-order valence-corrected chi connectivity index (χ0v) is 11.2. The molecule has 4 nitrogen and oxygen atoms in total. The number of piperidine rings is 1. The fraction of sp³-hybridized carbons (Fsp3) is 0.643. The first kappa shape index (κ1) is 13.0. The van der Waals surface area contributed by atoms with Crippen molar-refractivity contribution in [1.29, 1.82) is 0 Å². The Kier molecular flexibility index (Phi) is 4.28. The smallest absolute Gasteiger partial charge is 0.133 e. The largest absolute Gasteiger partial charge is 0.356 e. The Labute approximate surface area is 108 Å². The summed E-state index contributed by atoms with van der Waals surface area (Å²) in [6.07, 6.45) is 5.64. The quantitative estimate of drug-likeness (QED) is 0.818. The van der Waals surface area contributed by atoms with Crippen molar-refractivity contribution in [3.05, 3.63) is 18.1 Å². The summed E-state index contributed by atoms with van der Waals surface area (Å²) >= 11 is 0. The van der Waals surface area contributed by atoms with Crippen LogP contribution in [0.1, 0.15) is 38.8 Å². The minimum atomic E-state index is 0.248. The van der Waals surface area contributed by atoms with Gasteiger partial charge in [-0.1, -0.05) is 13.3 Å². The SMILES string of the molecule is CCCc1cc(N2CCC(C(C)=O)CC2)ncn1. The van der Waals surface area contributed by atoms with Crippen molar-refractivity contribution >= 4 is 11.6 Å². The molecule has 98 valence electrons. The monoisotopic (exact) mass is 247 g/mol. The van der Waals surface area contributed by atoms with Crippen molar-refractivity contribution in [3.63, 3.8) is 0 Å². The Balaban J connectivity index is 2.00. The Morgan fingerprint density at radius 1 is 1.39 bits per heavy atom. The van der Waals surface area contributed by atoms with Gasteiger partial charge in [0.15, 0.2) is 0 Å². The Morgan fingerprint density at radius 2 is 2.11 bits per heavy atom. The summed E-state index contributed by atoms with van der Waals surface area (Å²) in [5, 5.41) is 0. The van der Waals surface area contributed by atoms with E-state index in [2.05, 4.69) is 27.9 Å². The molecule has 4 heteroatoms. The molecule has 0 atom stereocenters. The van der Waals surface area contributed by atoms with Crippen molar-refractivity contribution in [1.82, 2.24) is 9.97 Å². The molecule has 1 aromatic rings. The first-order chi connectivity index (χ1) is 8.70. The normalized spacial score (nSPS) is 16.9. The van der Waals surface area contributed by atoms with Gasteiger partial charge in [0, 0.05) is 30.8 Å². The van der Waals surface area contributed by atoms with Crippen LogP contribution in [0.15, 0.2) is 12.4 Å². The van der Waals surface area contributed by atoms with E-state index in [9.17, 15) is 4.79 Å². The van der Waals surface area contributed by atoms with Crippen LogP contribution in [-0.2, 0) is 11.2 Å². The van der Waals surface area contributed by atoms with Crippen molar-refractivity contribution in [3.8, 4) is 0 Å². The Morgan fingerprint density at radius 3 is 2.72 bits per heavy atom. The number of carbonyl (C=O) groups is 1. The predicted molar refractivity (Wildman–Crippen MR) is 71.6 cm³/mol. The Hall–Kier alpha value is -1.45. The van der Waals surface area contributed by atoms with E-state index in [0.717, 1.165) is 50.3 Å². The second kappa shape index (κ2) is 5.94. The molecule has 1 aliphatic heterocycles. The predicted octanol–water partition coefficient (Wildman–Crippen LogP) is 2.23. The van der Waals surface area contributed by atoms with E-state index in [1.54, 1.807) is 13.3 Å². The highest BCUT2D eigenvalue weighted by molar-refractivity contribution is 5.78. The first-order valence-electron chi connectivity index (χ1n) is 6.77. The van der Waals surface area contributed by atoms with E-state index in [-0.39, 0.29) is 5.92 Å². The molecule has 0 spiro atoms. The van der Waals surface area contributed by atoms with Crippen LogP contribution in [-0.4, -0.2) is 28.8 Å². The van der Waals surface area contributed by atoms with E-state index < -0.39 is 0 Å². The molecule has 0 radical (unpaired) electrons. The van der Waals surface area contributed by atoms with E-state index in [1.165, 1.54) is 0 Å². The number of anilines is 1. The number of rotatable bonds is 4. The van der Waals surface area contributed by atoms with Gasteiger partial charge in [-0.25, -0.2) is 9.97 Å². The summed E-state index contributed by atoms with van der Waals surface area (Å²) in [5.74, 6) is 1.58. The summed E-state index contributed by atoms with van der Waals surface area (Å²) < 4.78 is 0.